The second-order valence-corrected chi connectivity index (χ2v) is 7.32. The Balaban J connectivity index is 1.61. The van der Waals surface area contributed by atoms with Gasteiger partial charge >= 0.3 is 0 Å². The van der Waals surface area contributed by atoms with Gasteiger partial charge < -0.3 is 14.9 Å². The molecule has 1 spiro atoms. The SMILES string of the molecule is C[C@H](O)CN1CC2(CCC1=O)CCN(C(=O)c1cnn(C)c1)CC2. The van der Waals surface area contributed by atoms with Gasteiger partial charge in [0, 0.05) is 45.8 Å². The fourth-order valence-electron chi connectivity index (χ4n) is 3.89. The van der Waals surface area contributed by atoms with E-state index in [9.17, 15) is 14.7 Å². The van der Waals surface area contributed by atoms with E-state index in [1.54, 1.807) is 35.9 Å². The summed E-state index contributed by atoms with van der Waals surface area (Å²) in [7, 11) is 1.80. The summed E-state index contributed by atoms with van der Waals surface area (Å²) in [6.45, 7) is 4.24. The molecule has 0 radical (unpaired) electrons. The molecular formula is C17H26N4O3. The fourth-order valence-corrected chi connectivity index (χ4v) is 3.89. The fraction of sp³-hybridized carbons (Fsp3) is 0.706. The van der Waals surface area contributed by atoms with Gasteiger partial charge in [0.15, 0.2) is 0 Å². The largest absolute Gasteiger partial charge is 0.392 e. The van der Waals surface area contributed by atoms with Gasteiger partial charge in [0.2, 0.25) is 5.91 Å². The molecule has 1 atom stereocenters. The molecule has 3 heterocycles. The number of amides is 2. The van der Waals surface area contributed by atoms with Gasteiger partial charge in [-0.25, -0.2) is 0 Å². The Morgan fingerprint density at radius 3 is 2.67 bits per heavy atom. The van der Waals surface area contributed by atoms with Crippen molar-refractivity contribution >= 4 is 11.8 Å². The minimum Gasteiger partial charge on any atom is -0.392 e. The second-order valence-electron chi connectivity index (χ2n) is 7.32. The van der Waals surface area contributed by atoms with Crippen LogP contribution in [0.5, 0.6) is 0 Å². The van der Waals surface area contributed by atoms with E-state index in [1.165, 1.54) is 0 Å². The zero-order valence-electron chi connectivity index (χ0n) is 14.4. The molecule has 0 saturated carbocycles. The number of aliphatic hydroxyl groups is 1. The lowest BCUT2D eigenvalue weighted by Gasteiger charge is -2.47. The lowest BCUT2D eigenvalue weighted by atomic mass is 9.72. The average Bonchev–Trinajstić information content (AvgIpc) is 2.97. The summed E-state index contributed by atoms with van der Waals surface area (Å²) in [5.41, 5.74) is 0.720. The van der Waals surface area contributed by atoms with Crippen LogP contribution in [0.1, 0.15) is 43.0 Å². The molecule has 3 rings (SSSR count). The van der Waals surface area contributed by atoms with Crippen LogP contribution in [-0.2, 0) is 11.8 Å². The Kier molecular flexibility index (Phi) is 4.62. The Labute approximate surface area is 142 Å². The van der Waals surface area contributed by atoms with Gasteiger partial charge in [-0.2, -0.15) is 5.10 Å². The number of piperidine rings is 2. The molecule has 7 nitrogen and oxygen atoms in total. The summed E-state index contributed by atoms with van der Waals surface area (Å²) in [5.74, 6) is 0.168. The van der Waals surface area contributed by atoms with Crippen LogP contribution in [-0.4, -0.2) is 68.8 Å². The first-order valence-electron chi connectivity index (χ1n) is 8.62. The molecule has 24 heavy (non-hydrogen) atoms. The Hall–Kier alpha value is -1.89. The van der Waals surface area contributed by atoms with Crippen LogP contribution >= 0.6 is 0 Å². The first-order chi connectivity index (χ1) is 11.4. The van der Waals surface area contributed by atoms with E-state index >= 15 is 0 Å². The highest BCUT2D eigenvalue weighted by molar-refractivity contribution is 5.93. The lowest BCUT2D eigenvalue weighted by molar-refractivity contribution is -0.140. The summed E-state index contributed by atoms with van der Waals surface area (Å²) in [5, 5.41) is 13.7. The van der Waals surface area contributed by atoms with E-state index < -0.39 is 6.10 Å². The number of likely N-dealkylation sites (tertiary alicyclic amines) is 2. The molecule has 2 aliphatic heterocycles. The minimum atomic E-state index is -0.503. The van der Waals surface area contributed by atoms with Gasteiger partial charge in [-0.1, -0.05) is 0 Å². The maximum Gasteiger partial charge on any atom is 0.257 e. The average molecular weight is 334 g/mol. The van der Waals surface area contributed by atoms with Crippen molar-refractivity contribution in [2.75, 3.05) is 26.2 Å². The van der Waals surface area contributed by atoms with Crippen molar-refractivity contribution < 1.29 is 14.7 Å². The molecule has 7 heteroatoms. The molecule has 2 saturated heterocycles. The quantitative estimate of drug-likeness (QED) is 0.880. The predicted molar refractivity (Wildman–Crippen MR) is 88.3 cm³/mol. The summed E-state index contributed by atoms with van der Waals surface area (Å²) in [6, 6.07) is 0. The smallest absolute Gasteiger partial charge is 0.257 e. The van der Waals surface area contributed by atoms with Crippen LogP contribution < -0.4 is 0 Å². The van der Waals surface area contributed by atoms with Crippen molar-refractivity contribution in [3.8, 4) is 0 Å². The normalized spacial score (nSPS) is 22.0. The molecule has 0 bridgehead atoms. The molecule has 2 aliphatic rings. The van der Waals surface area contributed by atoms with Gasteiger partial charge in [0.25, 0.3) is 5.91 Å². The molecule has 2 amide bonds. The Morgan fingerprint density at radius 1 is 1.38 bits per heavy atom. The molecule has 1 N–H and O–H groups in total. The van der Waals surface area contributed by atoms with Crippen molar-refractivity contribution in [2.45, 2.75) is 38.7 Å². The number of nitrogens with zero attached hydrogens (tertiary/aromatic N) is 4. The predicted octanol–water partition coefficient (Wildman–Crippen LogP) is 0.646. The number of β-amino-alcohol motifs (C(OH)–C–C–N with tert-alkyl or cyclic N) is 1. The zero-order valence-corrected chi connectivity index (χ0v) is 14.4. The van der Waals surface area contributed by atoms with E-state index in [-0.39, 0.29) is 17.2 Å². The van der Waals surface area contributed by atoms with Crippen LogP contribution in [0.15, 0.2) is 12.4 Å². The molecule has 2 fully saturated rings. The van der Waals surface area contributed by atoms with Crippen LogP contribution in [0, 0.1) is 5.41 Å². The van der Waals surface area contributed by atoms with E-state index in [2.05, 4.69) is 5.10 Å². The Bertz CT molecular complexity index is 617. The standard InChI is InChI=1S/C17H26N4O3/c1-13(22)10-21-12-17(4-3-15(21)23)5-7-20(8-6-17)16(24)14-9-18-19(2)11-14/h9,11,13,22H,3-8,10,12H2,1-2H3/t13-/m0/s1. The molecule has 132 valence electrons. The summed E-state index contributed by atoms with van der Waals surface area (Å²) in [4.78, 5) is 28.3. The van der Waals surface area contributed by atoms with Crippen molar-refractivity contribution in [1.29, 1.82) is 0 Å². The van der Waals surface area contributed by atoms with Crippen LogP contribution in [0.4, 0.5) is 0 Å². The number of aliphatic hydroxyl groups excluding tert-OH is 1. The van der Waals surface area contributed by atoms with Crippen molar-refractivity contribution in [2.24, 2.45) is 12.5 Å². The first kappa shape index (κ1) is 17.0. The van der Waals surface area contributed by atoms with E-state index in [1.807, 2.05) is 4.90 Å². The number of carbonyl (C=O) groups excluding carboxylic acids is 2. The topological polar surface area (TPSA) is 78.7 Å². The third-order valence-corrected chi connectivity index (χ3v) is 5.30. The van der Waals surface area contributed by atoms with Gasteiger partial charge in [-0.15, -0.1) is 0 Å². The monoisotopic (exact) mass is 334 g/mol. The van der Waals surface area contributed by atoms with Crippen LogP contribution in [0.25, 0.3) is 0 Å². The highest BCUT2D eigenvalue weighted by atomic mass is 16.3. The molecule has 0 aliphatic carbocycles. The van der Waals surface area contributed by atoms with Gasteiger partial charge in [0.05, 0.1) is 17.9 Å². The zero-order chi connectivity index (χ0) is 17.3. The van der Waals surface area contributed by atoms with Gasteiger partial charge in [0.1, 0.15) is 0 Å². The molecule has 0 unspecified atom stereocenters. The van der Waals surface area contributed by atoms with Gasteiger partial charge in [-0.3, -0.25) is 14.3 Å². The van der Waals surface area contributed by atoms with E-state index in [0.29, 0.717) is 38.2 Å². The lowest BCUT2D eigenvalue weighted by Crippen LogP contribution is -2.53. The number of aryl methyl sites for hydroxylation is 1. The maximum atomic E-state index is 12.5. The second kappa shape index (κ2) is 6.55. The van der Waals surface area contributed by atoms with E-state index in [4.69, 9.17) is 0 Å². The number of aromatic nitrogens is 2. The Morgan fingerprint density at radius 2 is 2.08 bits per heavy atom. The van der Waals surface area contributed by atoms with Crippen molar-refractivity contribution in [3.05, 3.63) is 18.0 Å². The first-order valence-corrected chi connectivity index (χ1v) is 8.62. The molecule has 1 aromatic rings. The van der Waals surface area contributed by atoms with Crippen LogP contribution in [0.2, 0.25) is 0 Å². The third kappa shape index (κ3) is 3.45. The van der Waals surface area contributed by atoms with Crippen molar-refractivity contribution in [3.63, 3.8) is 0 Å². The minimum absolute atomic E-state index is 0.0330. The highest BCUT2D eigenvalue weighted by Crippen LogP contribution is 2.40. The van der Waals surface area contributed by atoms with Crippen LogP contribution in [0.3, 0.4) is 0 Å². The summed E-state index contributed by atoms with van der Waals surface area (Å²) >= 11 is 0. The highest BCUT2D eigenvalue weighted by Gasteiger charge is 2.41. The number of carbonyl (C=O) groups is 2. The summed E-state index contributed by atoms with van der Waals surface area (Å²) < 4.78 is 1.64. The molecule has 0 aromatic carbocycles. The maximum absolute atomic E-state index is 12.5. The number of hydrogen-bond acceptors (Lipinski definition) is 4. The molecular weight excluding hydrogens is 308 g/mol. The van der Waals surface area contributed by atoms with Gasteiger partial charge in [-0.05, 0) is 31.6 Å². The van der Waals surface area contributed by atoms with Crippen molar-refractivity contribution in [1.82, 2.24) is 19.6 Å². The number of hydrogen-bond donors (Lipinski definition) is 1. The third-order valence-electron chi connectivity index (χ3n) is 5.30. The molecule has 1 aromatic heterocycles. The number of rotatable bonds is 3. The van der Waals surface area contributed by atoms with E-state index in [0.717, 1.165) is 19.3 Å². The summed E-state index contributed by atoms with van der Waals surface area (Å²) in [6.07, 6.45) is 6.09.